The summed E-state index contributed by atoms with van der Waals surface area (Å²) in [6.07, 6.45) is 0.769. The van der Waals surface area contributed by atoms with E-state index in [1.165, 1.54) is 4.90 Å². The maximum Gasteiger partial charge on any atom is 0.274 e. The molecule has 8 heteroatoms. The predicted octanol–water partition coefficient (Wildman–Crippen LogP) is 2.26. The van der Waals surface area contributed by atoms with Gasteiger partial charge in [0.1, 0.15) is 11.6 Å². The van der Waals surface area contributed by atoms with Crippen LogP contribution >= 0.6 is 23.2 Å². The molecule has 1 aromatic rings. The van der Waals surface area contributed by atoms with Gasteiger partial charge in [-0.2, -0.15) is 0 Å². The van der Waals surface area contributed by atoms with E-state index in [0.29, 0.717) is 27.9 Å². The van der Waals surface area contributed by atoms with Crippen molar-refractivity contribution in [2.75, 3.05) is 13.2 Å². The minimum Gasteiger partial charge on any atom is -0.381 e. The fraction of sp³-hybridized carbons (Fsp3) is 0.438. The number of oxime groups is 1. The molecule has 2 fully saturated rings. The second-order valence-electron chi connectivity index (χ2n) is 6.03. The van der Waals surface area contributed by atoms with Crippen molar-refractivity contribution in [2.24, 2.45) is 11.1 Å². The van der Waals surface area contributed by atoms with Crippen molar-refractivity contribution in [1.82, 2.24) is 4.90 Å². The zero-order valence-electron chi connectivity index (χ0n) is 12.6. The van der Waals surface area contributed by atoms with E-state index >= 15 is 0 Å². The van der Waals surface area contributed by atoms with Crippen LogP contribution in [0, 0.1) is 5.92 Å². The summed E-state index contributed by atoms with van der Waals surface area (Å²) in [5, 5.41) is 4.78. The Hall–Kier alpha value is -1.63. The third-order valence-corrected chi connectivity index (χ3v) is 5.07. The zero-order chi connectivity index (χ0) is 16.8. The van der Waals surface area contributed by atoms with Crippen LogP contribution in [0.1, 0.15) is 18.4 Å². The number of halogens is 2. The summed E-state index contributed by atoms with van der Waals surface area (Å²) >= 11 is 12.1. The van der Waals surface area contributed by atoms with E-state index in [4.69, 9.17) is 32.8 Å². The summed E-state index contributed by atoms with van der Waals surface area (Å²) in [5.74, 6) is -1.45. The Labute approximate surface area is 148 Å². The van der Waals surface area contributed by atoms with E-state index in [0.717, 1.165) is 12.8 Å². The number of amides is 2. The molecule has 3 aliphatic rings. The van der Waals surface area contributed by atoms with Gasteiger partial charge in [-0.3, -0.25) is 14.5 Å². The number of rotatable bonds is 3. The van der Waals surface area contributed by atoms with Gasteiger partial charge in [-0.05, 0) is 25.0 Å². The maximum atomic E-state index is 12.8. The summed E-state index contributed by atoms with van der Waals surface area (Å²) in [5.41, 5.74) is 0.920. The van der Waals surface area contributed by atoms with Crippen molar-refractivity contribution in [1.29, 1.82) is 0 Å². The topological polar surface area (TPSA) is 68.2 Å². The molecule has 0 aliphatic carbocycles. The van der Waals surface area contributed by atoms with Crippen molar-refractivity contribution in [2.45, 2.75) is 25.0 Å². The van der Waals surface area contributed by atoms with Gasteiger partial charge in [0.15, 0.2) is 0 Å². The molecule has 0 bridgehead atoms. The Morgan fingerprint density at radius 2 is 2.08 bits per heavy atom. The maximum absolute atomic E-state index is 12.8. The molecule has 3 atom stereocenters. The summed E-state index contributed by atoms with van der Waals surface area (Å²) in [6.45, 7) is 0.924. The highest BCUT2D eigenvalue weighted by atomic mass is 35.5. The molecule has 0 N–H and O–H groups in total. The van der Waals surface area contributed by atoms with Gasteiger partial charge in [-0.25, -0.2) is 0 Å². The van der Waals surface area contributed by atoms with Crippen LogP contribution in [-0.4, -0.2) is 47.8 Å². The molecule has 2 saturated heterocycles. The van der Waals surface area contributed by atoms with Gasteiger partial charge in [-0.15, -0.1) is 0 Å². The highest BCUT2D eigenvalue weighted by molar-refractivity contribution is 6.38. The van der Waals surface area contributed by atoms with Gasteiger partial charge in [0.25, 0.3) is 5.91 Å². The Balaban J connectivity index is 1.60. The number of imide groups is 1. The lowest BCUT2D eigenvalue weighted by atomic mass is 9.94. The van der Waals surface area contributed by atoms with Gasteiger partial charge in [0.05, 0.1) is 17.7 Å². The first-order chi connectivity index (χ1) is 11.6. The number of hydrogen-bond donors (Lipinski definition) is 0. The molecule has 3 heterocycles. The summed E-state index contributed by atoms with van der Waals surface area (Å²) in [4.78, 5) is 31.7. The van der Waals surface area contributed by atoms with Gasteiger partial charge in [0, 0.05) is 17.2 Å². The molecule has 0 saturated carbocycles. The molecular weight excluding hydrogens is 355 g/mol. The number of nitrogens with zero attached hydrogens (tertiary/aromatic N) is 2. The smallest absolute Gasteiger partial charge is 0.274 e. The van der Waals surface area contributed by atoms with Crippen molar-refractivity contribution in [3.8, 4) is 0 Å². The minimum atomic E-state index is -0.916. The first-order valence-electron chi connectivity index (χ1n) is 7.72. The number of ether oxygens (including phenoxy) is 1. The Kier molecular flexibility index (Phi) is 3.98. The predicted molar refractivity (Wildman–Crippen MR) is 87.1 cm³/mol. The van der Waals surface area contributed by atoms with E-state index in [9.17, 15) is 9.59 Å². The SMILES string of the molecule is O=C1[C@H]2C(c3ccc(Cl)cc3Cl)=NO[C@H]2C(=O)N1C[C@H]1CCCO1. The number of carbonyl (C=O) groups excluding carboxylic acids is 2. The molecule has 3 aliphatic heterocycles. The van der Waals surface area contributed by atoms with Crippen LogP contribution in [0.5, 0.6) is 0 Å². The average molecular weight is 369 g/mol. The third-order valence-electron chi connectivity index (χ3n) is 4.52. The van der Waals surface area contributed by atoms with Crippen molar-refractivity contribution < 1.29 is 19.2 Å². The normalized spacial score (nSPS) is 29.0. The minimum absolute atomic E-state index is 0.101. The molecular formula is C16H14Cl2N2O4. The molecule has 0 unspecified atom stereocenters. The molecule has 4 rings (SSSR count). The molecule has 0 radical (unpaired) electrons. The number of hydrogen-bond acceptors (Lipinski definition) is 5. The number of likely N-dealkylation sites (tertiary alicyclic amines) is 1. The van der Waals surface area contributed by atoms with Crippen molar-refractivity contribution in [3.05, 3.63) is 33.8 Å². The largest absolute Gasteiger partial charge is 0.381 e. The van der Waals surface area contributed by atoms with Gasteiger partial charge in [-0.1, -0.05) is 34.4 Å². The highest BCUT2D eigenvalue weighted by Crippen LogP contribution is 2.35. The average Bonchev–Trinajstić information content (AvgIpc) is 3.24. The number of carbonyl (C=O) groups is 2. The molecule has 0 spiro atoms. The summed E-state index contributed by atoms with van der Waals surface area (Å²) < 4.78 is 5.52. The molecule has 2 amide bonds. The highest BCUT2D eigenvalue weighted by Gasteiger charge is 2.56. The van der Waals surface area contributed by atoms with Crippen molar-refractivity contribution >= 4 is 40.7 Å². The Bertz CT molecular complexity index is 746. The first kappa shape index (κ1) is 15.9. The quantitative estimate of drug-likeness (QED) is 0.767. The lowest BCUT2D eigenvalue weighted by Crippen LogP contribution is -2.39. The van der Waals surface area contributed by atoms with Crippen molar-refractivity contribution in [3.63, 3.8) is 0 Å². The third kappa shape index (κ3) is 2.49. The molecule has 24 heavy (non-hydrogen) atoms. The second-order valence-corrected chi connectivity index (χ2v) is 6.87. The van der Waals surface area contributed by atoms with Gasteiger partial charge >= 0.3 is 0 Å². The molecule has 0 aromatic heterocycles. The Morgan fingerprint density at radius 3 is 2.79 bits per heavy atom. The van der Waals surface area contributed by atoms with E-state index in [2.05, 4.69) is 5.16 Å². The van der Waals surface area contributed by atoms with Crippen LogP contribution in [0.15, 0.2) is 23.4 Å². The summed E-state index contributed by atoms with van der Waals surface area (Å²) in [7, 11) is 0. The van der Waals surface area contributed by atoms with E-state index < -0.39 is 12.0 Å². The van der Waals surface area contributed by atoms with Crippen LogP contribution in [0.4, 0.5) is 0 Å². The fourth-order valence-electron chi connectivity index (χ4n) is 3.32. The Morgan fingerprint density at radius 1 is 1.25 bits per heavy atom. The van der Waals surface area contributed by atoms with E-state index in [1.807, 2.05) is 0 Å². The molecule has 6 nitrogen and oxygen atoms in total. The van der Waals surface area contributed by atoms with Crippen LogP contribution in [0.2, 0.25) is 10.0 Å². The van der Waals surface area contributed by atoms with Crippen LogP contribution in [-0.2, 0) is 19.2 Å². The van der Waals surface area contributed by atoms with Gasteiger partial charge in [0.2, 0.25) is 12.0 Å². The molecule has 1 aromatic carbocycles. The monoisotopic (exact) mass is 368 g/mol. The fourth-order valence-corrected chi connectivity index (χ4v) is 3.83. The van der Waals surface area contributed by atoms with E-state index in [1.54, 1.807) is 18.2 Å². The summed E-state index contributed by atoms with van der Waals surface area (Å²) in [6, 6.07) is 4.90. The zero-order valence-corrected chi connectivity index (χ0v) is 14.1. The standard InChI is InChI=1S/C16H14Cl2N2O4/c17-8-3-4-10(11(18)6-8)13-12-14(24-19-13)16(22)20(15(12)21)7-9-2-1-5-23-9/h3-4,6,9,12,14H,1-2,5,7H2/t9-,12+,14-/m1/s1. The lowest BCUT2D eigenvalue weighted by molar-refractivity contribution is -0.143. The van der Waals surface area contributed by atoms with Crippen LogP contribution in [0.25, 0.3) is 0 Å². The van der Waals surface area contributed by atoms with Gasteiger partial charge < -0.3 is 9.57 Å². The molecule has 126 valence electrons. The lowest BCUT2D eigenvalue weighted by Gasteiger charge is -2.19. The first-order valence-corrected chi connectivity index (χ1v) is 8.48. The number of fused-ring (bicyclic) bond motifs is 1. The second kappa shape index (κ2) is 6.02. The van der Waals surface area contributed by atoms with Crippen LogP contribution < -0.4 is 0 Å². The van der Waals surface area contributed by atoms with Crippen LogP contribution in [0.3, 0.4) is 0 Å². The van der Waals surface area contributed by atoms with E-state index in [-0.39, 0.29) is 24.5 Å². The number of benzene rings is 1.